The highest BCUT2D eigenvalue weighted by molar-refractivity contribution is 4.97. The van der Waals surface area contributed by atoms with Gasteiger partial charge in [0.05, 0.1) is 0 Å². The van der Waals surface area contributed by atoms with Crippen LogP contribution in [0.2, 0.25) is 0 Å². The second-order valence-corrected chi connectivity index (χ2v) is 8.79. The smallest absolute Gasteiger partial charge is 0.0489 e. The lowest BCUT2D eigenvalue weighted by Gasteiger charge is -2.53. The number of aliphatic hydroxyl groups excluding tert-OH is 1. The topological polar surface area (TPSA) is 53.8 Å². The average Bonchev–Trinajstić information content (AvgIpc) is 3.24. The molecule has 3 aliphatic heterocycles. The molecule has 0 amide bonds. The summed E-state index contributed by atoms with van der Waals surface area (Å²) in [5.41, 5.74) is 0.370. The molecule has 4 rings (SSSR count). The van der Waals surface area contributed by atoms with Crippen molar-refractivity contribution in [1.29, 1.82) is 0 Å². The molecule has 6 nitrogen and oxygen atoms in total. The quantitative estimate of drug-likeness (QED) is 0.821. The van der Waals surface area contributed by atoms with Gasteiger partial charge in [0.25, 0.3) is 0 Å². The van der Waals surface area contributed by atoms with Crippen LogP contribution in [0.25, 0.3) is 0 Å². The van der Waals surface area contributed by atoms with E-state index >= 15 is 0 Å². The van der Waals surface area contributed by atoms with Gasteiger partial charge >= 0.3 is 0 Å². The number of aryl methyl sites for hydroxylation is 1. The maximum absolute atomic E-state index is 10.2. The van der Waals surface area contributed by atoms with Crippen molar-refractivity contribution in [2.24, 2.45) is 11.3 Å². The van der Waals surface area contributed by atoms with Gasteiger partial charge < -0.3 is 14.7 Å². The third-order valence-electron chi connectivity index (χ3n) is 7.42. The van der Waals surface area contributed by atoms with Crippen molar-refractivity contribution in [3.63, 3.8) is 0 Å². The Morgan fingerprint density at radius 3 is 2.56 bits per heavy atom. The molecule has 4 heterocycles. The van der Waals surface area contributed by atoms with Gasteiger partial charge in [0.15, 0.2) is 0 Å². The highest BCUT2D eigenvalue weighted by Gasteiger charge is 2.45. The molecule has 1 spiro atoms. The minimum Gasteiger partial charge on any atom is -0.396 e. The van der Waals surface area contributed by atoms with Gasteiger partial charge in [-0.2, -0.15) is 5.10 Å². The largest absolute Gasteiger partial charge is 0.396 e. The fourth-order valence-electron chi connectivity index (χ4n) is 5.54. The fourth-order valence-corrected chi connectivity index (χ4v) is 5.54. The number of rotatable bonds is 6. The van der Waals surface area contributed by atoms with E-state index in [9.17, 15) is 5.11 Å². The monoisotopic (exact) mass is 376 g/mol. The Bertz CT molecular complexity index is 551. The Morgan fingerprint density at radius 1 is 1.07 bits per heavy atom. The molecule has 27 heavy (non-hydrogen) atoms. The first-order valence-electron chi connectivity index (χ1n) is 10.9. The van der Waals surface area contributed by atoms with E-state index in [2.05, 4.69) is 14.9 Å². The van der Waals surface area contributed by atoms with Crippen molar-refractivity contribution in [1.82, 2.24) is 19.6 Å². The fraction of sp³-hybridized carbons (Fsp3) is 0.857. The van der Waals surface area contributed by atoms with E-state index in [1.54, 1.807) is 0 Å². The summed E-state index contributed by atoms with van der Waals surface area (Å²) in [6.07, 6.45) is 11.1. The number of piperidine rings is 2. The molecule has 3 fully saturated rings. The molecule has 0 radical (unpaired) electrons. The highest BCUT2D eigenvalue weighted by atomic mass is 16.5. The van der Waals surface area contributed by atoms with Gasteiger partial charge in [-0.15, -0.1) is 0 Å². The summed E-state index contributed by atoms with van der Waals surface area (Å²) in [5, 5.41) is 14.5. The zero-order chi connectivity index (χ0) is 18.5. The molecule has 0 saturated carbocycles. The third-order valence-corrected chi connectivity index (χ3v) is 7.42. The first-order chi connectivity index (χ1) is 13.3. The van der Waals surface area contributed by atoms with E-state index in [0.717, 1.165) is 52.1 Å². The van der Waals surface area contributed by atoms with Crippen LogP contribution in [-0.2, 0) is 11.3 Å². The Morgan fingerprint density at radius 2 is 1.85 bits per heavy atom. The minimum absolute atomic E-state index is 0.346. The molecule has 0 aromatic carbocycles. The van der Waals surface area contributed by atoms with Crippen LogP contribution in [0.15, 0.2) is 18.5 Å². The molecular weight excluding hydrogens is 340 g/mol. The lowest BCUT2D eigenvalue weighted by Crippen LogP contribution is -2.56. The Kier molecular flexibility index (Phi) is 6.48. The summed E-state index contributed by atoms with van der Waals surface area (Å²) in [6, 6.07) is 2.67. The van der Waals surface area contributed by atoms with Crippen LogP contribution in [0.4, 0.5) is 0 Å². The second kappa shape index (κ2) is 9.03. The van der Waals surface area contributed by atoms with Gasteiger partial charge in [-0.3, -0.25) is 9.58 Å². The highest BCUT2D eigenvalue weighted by Crippen LogP contribution is 2.45. The lowest BCUT2D eigenvalue weighted by atomic mass is 9.64. The van der Waals surface area contributed by atoms with Crippen LogP contribution in [0.5, 0.6) is 0 Å². The van der Waals surface area contributed by atoms with E-state index in [0.29, 0.717) is 24.0 Å². The normalized spacial score (nSPS) is 28.0. The predicted molar refractivity (Wildman–Crippen MR) is 106 cm³/mol. The molecule has 152 valence electrons. The number of aromatic nitrogens is 2. The first-order valence-corrected chi connectivity index (χ1v) is 10.9. The van der Waals surface area contributed by atoms with Gasteiger partial charge in [-0.05, 0) is 76.2 Å². The molecule has 1 aromatic rings. The molecule has 1 unspecified atom stereocenters. The molecule has 6 heteroatoms. The SMILES string of the molecule is OCC1CN(C2CCOCC2)CCC12CCN(CCCn1cccn1)CC2. The van der Waals surface area contributed by atoms with Crippen LogP contribution in [0.3, 0.4) is 0 Å². The predicted octanol–water partition coefficient (Wildman–Crippen LogP) is 1.85. The maximum Gasteiger partial charge on any atom is 0.0489 e. The third kappa shape index (κ3) is 4.56. The summed E-state index contributed by atoms with van der Waals surface area (Å²) >= 11 is 0. The Balaban J connectivity index is 1.25. The Labute approximate surface area is 163 Å². The van der Waals surface area contributed by atoms with Gasteiger partial charge in [-0.1, -0.05) is 0 Å². The van der Waals surface area contributed by atoms with Crippen molar-refractivity contribution in [3.8, 4) is 0 Å². The number of nitrogens with zero attached hydrogens (tertiary/aromatic N) is 4. The number of ether oxygens (including phenoxy) is 1. The molecule has 1 N–H and O–H groups in total. The lowest BCUT2D eigenvalue weighted by molar-refractivity contribution is -0.0663. The van der Waals surface area contributed by atoms with Crippen LogP contribution in [0, 0.1) is 11.3 Å². The molecule has 1 atom stereocenters. The summed E-state index contributed by atoms with van der Waals surface area (Å²) in [4.78, 5) is 5.28. The summed E-state index contributed by atoms with van der Waals surface area (Å²) in [7, 11) is 0. The second-order valence-electron chi connectivity index (χ2n) is 8.79. The first kappa shape index (κ1) is 19.4. The summed E-state index contributed by atoms with van der Waals surface area (Å²) in [5.74, 6) is 0.445. The zero-order valence-corrected chi connectivity index (χ0v) is 16.6. The zero-order valence-electron chi connectivity index (χ0n) is 16.6. The van der Waals surface area contributed by atoms with E-state index in [1.165, 1.54) is 38.9 Å². The van der Waals surface area contributed by atoms with Crippen molar-refractivity contribution < 1.29 is 9.84 Å². The maximum atomic E-state index is 10.2. The molecule has 0 aliphatic carbocycles. The van der Waals surface area contributed by atoms with Gasteiger partial charge in [0.2, 0.25) is 0 Å². The molecule has 3 aliphatic rings. The standard InChI is InChI=1S/C21H36N4O2/c26-18-19-17-24(20-3-15-27-16-4-20)14-7-21(19)5-12-23(13-6-21)9-2-11-25-10-1-8-22-25/h1,8,10,19-20,26H,2-7,9,11-18H2. The van der Waals surface area contributed by atoms with Gasteiger partial charge in [0, 0.05) is 57.3 Å². The van der Waals surface area contributed by atoms with Crippen molar-refractivity contribution >= 4 is 0 Å². The molecule has 1 aromatic heterocycles. The molecule has 0 bridgehead atoms. The summed E-state index contributed by atoms with van der Waals surface area (Å²) in [6.45, 7) is 8.99. The van der Waals surface area contributed by atoms with E-state index in [1.807, 2.05) is 23.1 Å². The van der Waals surface area contributed by atoms with E-state index in [-0.39, 0.29) is 0 Å². The molecular formula is C21H36N4O2. The van der Waals surface area contributed by atoms with Gasteiger partial charge in [-0.25, -0.2) is 0 Å². The van der Waals surface area contributed by atoms with Crippen molar-refractivity contribution in [3.05, 3.63) is 18.5 Å². The minimum atomic E-state index is 0.346. The number of hydrogen-bond donors (Lipinski definition) is 1. The van der Waals surface area contributed by atoms with E-state index < -0.39 is 0 Å². The van der Waals surface area contributed by atoms with Crippen LogP contribution >= 0.6 is 0 Å². The number of aliphatic hydroxyl groups is 1. The van der Waals surface area contributed by atoms with Crippen LogP contribution in [0.1, 0.15) is 38.5 Å². The molecule has 3 saturated heterocycles. The van der Waals surface area contributed by atoms with Crippen LogP contribution in [-0.4, -0.2) is 83.3 Å². The van der Waals surface area contributed by atoms with E-state index in [4.69, 9.17) is 4.74 Å². The Hall–Kier alpha value is -0.950. The van der Waals surface area contributed by atoms with Crippen molar-refractivity contribution in [2.45, 2.75) is 51.1 Å². The van der Waals surface area contributed by atoms with Crippen LogP contribution < -0.4 is 0 Å². The summed E-state index contributed by atoms with van der Waals surface area (Å²) < 4.78 is 7.56. The van der Waals surface area contributed by atoms with Crippen molar-refractivity contribution in [2.75, 3.05) is 52.5 Å². The number of hydrogen-bond acceptors (Lipinski definition) is 5. The number of likely N-dealkylation sites (tertiary alicyclic amines) is 2. The van der Waals surface area contributed by atoms with Gasteiger partial charge in [0.1, 0.15) is 0 Å². The average molecular weight is 377 g/mol.